The lowest BCUT2D eigenvalue weighted by Gasteiger charge is -2.01. The number of hydrogen-bond acceptors (Lipinski definition) is 1. The number of halogens is 2. The summed E-state index contributed by atoms with van der Waals surface area (Å²) in [5.74, 6) is 0. The normalized spacial score (nSPS) is 9.64. The van der Waals surface area contributed by atoms with Crippen LogP contribution in [0, 0.1) is 3.57 Å². The van der Waals surface area contributed by atoms with Crippen LogP contribution in [-0.4, -0.2) is 4.98 Å². The molecule has 0 aliphatic heterocycles. The van der Waals surface area contributed by atoms with E-state index in [4.69, 9.17) is 11.6 Å². The Morgan fingerprint density at radius 3 is 3.00 bits per heavy atom. The average molecular weight is 280 g/mol. The van der Waals surface area contributed by atoms with Gasteiger partial charge in [0.25, 0.3) is 0 Å². The molecule has 0 spiro atoms. The van der Waals surface area contributed by atoms with Gasteiger partial charge >= 0.3 is 0 Å². The maximum Gasteiger partial charge on any atom is 0.133 e. The maximum atomic E-state index is 5.84. The molecule has 0 radical (unpaired) electrons. The number of hydrogen-bond donors (Lipinski definition) is 0. The summed E-state index contributed by atoms with van der Waals surface area (Å²) < 4.78 is 1.14. The van der Waals surface area contributed by atoms with E-state index in [1.54, 1.807) is 6.20 Å². The van der Waals surface area contributed by atoms with Crippen molar-refractivity contribution in [1.29, 1.82) is 0 Å². The van der Waals surface area contributed by atoms with Crippen molar-refractivity contribution in [3.63, 3.8) is 0 Å². The van der Waals surface area contributed by atoms with Gasteiger partial charge in [0.05, 0.1) is 0 Å². The quantitative estimate of drug-likeness (QED) is 0.461. The smallest absolute Gasteiger partial charge is 0.133 e. The summed E-state index contributed by atoms with van der Waals surface area (Å²) in [5, 5.41) is 0.580. The number of pyridine rings is 1. The molecule has 0 aromatic carbocycles. The van der Waals surface area contributed by atoms with Gasteiger partial charge in [-0.05, 0) is 35.1 Å². The van der Waals surface area contributed by atoms with Crippen LogP contribution in [0.25, 0.3) is 0 Å². The highest BCUT2D eigenvalue weighted by Crippen LogP contribution is 2.19. The molecule has 0 aliphatic carbocycles. The molecule has 0 unspecified atom stereocenters. The fraction of sp³-hybridized carbons (Fsp3) is 0.125. The zero-order valence-corrected chi connectivity index (χ0v) is 8.76. The summed E-state index contributed by atoms with van der Waals surface area (Å²) in [6, 6.07) is 1.94. The Labute approximate surface area is 84.6 Å². The third-order valence-corrected chi connectivity index (χ3v) is 2.63. The van der Waals surface area contributed by atoms with Crippen molar-refractivity contribution in [2.75, 3.05) is 0 Å². The first-order valence-corrected chi connectivity index (χ1v) is 4.61. The van der Waals surface area contributed by atoms with E-state index in [9.17, 15) is 0 Å². The topological polar surface area (TPSA) is 12.9 Å². The molecule has 0 saturated carbocycles. The van der Waals surface area contributed by atoms with Crippen molar-refractivity contribution < 1.29 is 0 Å². The molecule has 1 rings (SSSR count). The number of aromatic nitrogens is 1. The SMILES string of the molecule is C=CCc1c(I)ccnc1Cl. The van der Waals surface area contributed by atoms with E-state index in [1.807, 2.05) is 12.1 Å². The monoisotopic (exact) mass is 279 g/mol. The van der Waals surface area contributed by atoms with Crippen LogP contribution in [0.3, 0.4) is 0 Å². The number of nitrogens with zero attached hydrogens (tertiary/aromatic N) is 1. The summed E-state index contributed by atoms with van der Waals surface area (Å²) in [4.78, 5) is 3.97. The molecule has 0 fully saturated rings. The van der Waals surface area contributed by atoms with Crippen LogP contribution in [0.4, 0.5) is 0 Å². The van der Waals surface area contributed by atoms with Gasteiger partial charge in [-0.1, -0.05) is 17.7 Å². The standard InChI is InChI=1S/C8H7ClIN/c1-2-3-6-7(10)4-5-11-8(6)9/h2,4-5H,1,3H2. The van der Waals surface area contributed by atoms with E-state index in [1.165, 1.54) is 0 Å². The predicted octanol–water partition coefficient (Wildman–Crippen LogP) is 3.07. The zero-order valence-electron chi connectivity index (χ0n) is 5.85. The van der Waals surface area contributed by atoms with E-state index in [0.29, 0.717) is 5.15 Å². The summed E-state index contributed by atoms with van der Waals surface area (Å²) >= 11 is 8.08. The van der Waals surface area contributed by atoms with E-state index >= 15 is 0 Å². The van der Waals surface area contributed by atoms with E-state index in [-0.39, 0.29) is 0 Å². The number of allylic oxidation sites excluding steroid dienone is 1. The zero-order chi connectivity index (χ0) is 8.27. The Hall–Kier alpha value is -0.0900. The minimum absolute atomic E-state index is 0.580. The summed E-state index contributed by atoms with van der Waals surface area (Å²) in [6.07, 6.45) is 4.31. The third-order valence-electron chi connectivity index (χ3n) is 1.29. The second kappa shape index (κ2) is 4.07. The fourth-order valence-corrected chi connectivity index (χ4v) is 1.80. The van der Waals surface area contributed by atoms with Crippen LogP contribution in [-0.2, 0) is 6.42 Å². The maximum absolute atomic E-state index is 5.84. The molecule has 0 N–H and O–H groups in total. The van der Waals surface area contributed by atoms with Crippen LogP contribution >= 0.6 is 34.2 Å². The lowest BCUT2D eigenvalue weighted by Crippen LogP contribution is -1.90. The minimum Gasteiger partial charge on any atom is -0.244 e. The lowest BCUT2D eigenvalue weighted by atomic mass is 10.2. The molecule has 1 aromatic heterocycles. The highest BCUT2D eigenvalue weighted by Gasteiger charge is 2.02. The largest absolute Gasteiger partial charge is 0.244 e. The highest BCUT2D eigenvalue weighted by molar-refractivity contribution is 14.1. The van der Waals surface area contributed by atoms with Gasteiger partial charge in [0, 0.05) is 15.3 Å². The Morgan fingerprint density at radius 2 is 2.45 bits per heavy atom. The van der Waals surface area contributed by atoms with Crippen LogP contribution < -0.4 is 0 Å². The second-order valence-corrected chi connectivity index (χ2v) is 3.58. The van der Waals surface area contributed by atoms with Gasteiger partial charge < -0.3 is 0 Å². The first-order chi connectivity index (χ1) is 5.25. The van der Waals surface area contributed by atoms with Crippen molar-refractivity contribution in [2.45, 2.75) is 6.42 Å². The molecule has 1 aromatic rings. The first-order valence-electron chi connectivity index (χ1n) is 3.15. The molecule has 11 heavy (non-hydrogen) atoms. The first kappa shape index (κ1) is 9.00. The third kappa shape index (κ3) is 2.17. The minimum atomic E-state index is 0.580. The van der Waals surface area contributed by atoms with Gasteiger partial charge in [0.15, 0.2) is 0 Å². The molecule has 1 heterocycles. The number of rotatable bonds is 2. The van der Waals surface area contributed by atoms with Crippen molar-refractivity contribution in [1.82, 2.24) is 4.98 Å². The molecule has 3 heteroatoms. The predicted molar refractivity (Wildman–Crippen MR) is 55.9 cm³/mol. The molecule has 1 nitrogen and oxygen atoms in total. The fourth-order valence-electron chi connectivity index (χ4n) is 0.771. The molecule has 0 atom stereocenters. The van der Waals surface area contributed by atoms with Crippen molar-refractivity contribution >= 4 is 34.2 Å². The van der Waals surface area contributed by atoms with Gasteiger partial charge in [-0.25, -0.2) is 4.98 Å². The molecular weight excluding hydrogens is 272 g/mol. The molecular formula is C8H7ClIN. The Kier molecular flexibility index (Phi) is 3.33. The van der Waals surface area contributed by atoms with Crippen LogP contribution in [0.1, 0.15) is 5.56 Å². The Morgan fingerprint density at radius 1 is 1.73 bits per heavy atom. The molecule has 0 bridgehead atoms. The highest BCUT2D eigenvalue weighted by atomic mass is 127. The lowest BCUT2D eigenvalue weighted by molar-refractivity contribution is 1.17. The average Bonchev–Trinajstić information content (AvgIpc) is 1.97. The second-order valence-electron chi connectivity index (χ2n) is 2.05. The summed E-state index contributed by atoms with van der Waals surface area (Å²) in [7, 11) is 0. The van der Waals surface area contributed by atoms with Gasteiger partial charge in [0.2, 0.25) is 0 Å². The van der Waals surface area contributed by atoms with Crippen LogP contribution in [0.2, 0.25) is 5.15 Å². The van der Waals surface area contributed by atoms with Gasteiger partial charge in [-0.2, -0.15) is 0 Å². The van der Waals surface area contributed by atoms with Crippen molar-refractivity contribution in [3.05, 3.63) is 39.2 Å². The van der Waals surface area contributed by atoms with Gasteiger partial charge in [-0.3, -0.25) is 0 Å². The van der Waals surface area contributed by atoms with Crippen LogP contribution in [0.15, 0.2) is 24.9 Å². The Balaban J connectivity index is 3.09. The summed E-state index contributed by atoms with van der Waals surface area (Å²) in [5.41, 5.74) is 1.06. The van der Waals surface area contributed by atoms with Gasteiger partial charge in [-0.15, -0.1) is 6.58 Å². The van der Waals surface area contributed by atoms with Crippen molar-refractivity contribution in [3.8, 4) is 0 Å². The molecule has 58 valence electrons. The van der Waals surface area contributed by atoms with E-state index < -0.39 is 0 Å². The van der Waals surface area contributed by atoms with Crippen LogP contribution in [0.5, 0.6) is 0 Å². The Bertz CT molecular complexity index is 253. The molecule has 0 amide bonds. The van der Waals surface area contributed by atoms with Crippen molar-refractivity contribution in [2.24, 2.45) is 0 Å². The van der Waals surface area contributed by atoms with E-state index in [2.05, 4.69) is 34.2 Å². The molecule has 0 saturated heterocycles. The molecule has 0 aliphatic rings. The van der Waals surface area contributed by atoms with Gasteiger partial charge in [0.1, 0.15) is 5.15 Å². The summed E-state index contributed by atoms with van der Waals surface area (Å²) in [6.45, 7) is 3.65. The van der Waals surface area contributed by atoms with E-state index in [0.717, 1.165) is 15.6 Å².